The van der Waals surface area contributed by atoms with Crippen molar-refractivity contribution >= 4 is 5.95 Å². The predicted molar refractivity (Wildman–Crippen MR) is 73.9 cm³/mol. The maximum atomic E-state index is 4.43. The molecule has 0 bridgehead atoms. The zero-order chi connectivity index (χ0) is 12.5. The predicted octanol–water partition coefficient (Wildman–Crippen LogP) is 3.24. The quantitative estimate of drug-likeness (QED) is 0.894. The van der Waals surface area contributed by atoms with Crippen molar-refractivity contribution in [2.45, 2.75) is 38.8 Å². The van der Waals surface area contributed by atoms with E-state index in [-0.39, 0.29) is 0 Å². The molecule has 0 fully saturated rings. The van der Waals surface area contributed by atoms with Crippen molar-refractivity contribution in [3.05, 3.63) is 47.8 Å². The van der Waals surface area contributed by atoms with Gasteiger partial charge in [-0.05, 0) is 37.8 Å². The number of hydrogen-bond acceptors (Lipinski definition) is 2. The standard InChI is InChI=1S/C15H19N3/c1-11(2)17-15-16-9-10-18(15)14-8-7-12-5-3-4-6-13(12)14/h3-6,9-11,14H,7-8H2,1-2H3,(H,16,17). The van der Waals surface area contributed by atoms with Crippen molar-refractivity contribution < 1.29 is 0 Å². The minimum Gasteiger partial charge on any atom is -0.353 e. The van der Waals surface area contributed by atoms with Crippen LogP contribution in [0.1, 0.15) is 37.4 Å². The molecule has 0 aliphatic heterocycles. The maximum Gasteiger partial charge on any atom is 0.203 e. The van der Waals surface area contributed by atoms with Crippen molar-refractivity contribution in [3.8, 4) is 0 Å². The fourth-order valence-electron chi connectivity index (χ4n) is 2.76. The first kappa shape index (κ1) is 11.3. The lowest BCUT2D eigenvalue weighted by Crippen LogP contribution is -2.17. The molecule has 3 nitrogen and oxygen atoms in total. The number of benzene rings is 1. The first-order chi connectivity index (χ1) is 8.75. The number of nitrogens with zero attached hydrogens (tertiary/aromatic N) is 2. The Bertz CT molecular complexity index is 542. The van der Waals surface area contributed by atoms with Gasteiger partial charge in [0.05, 0.1) is 6.04 Å². The fourth-order valence-corrected chi connectivity index (χ4v) is 2.76. The third-order valence-corrected chi connectivity index (χ3v) is 3.52. The Morgan fingerprint density at radius 3 is 3.00 bits per heavy atom. The molecule has 1 heterocycles. The third-order valence-electron chi connectivity index (χ3n) is 3.52. The van der Waals surface area contributed by atoms with Crippen LogP contribution in [0.3, 0.4) is 0 Å². The molecular formula is C15H19N3. The molecule has 0 spiro atoms. The molecule has 1 aromatic heterocycles. The van der Waals surface area contributed by atoms with Gasteiger partial charge in [0.2, 0.25) is 5.95 Å². The molecule has 3 heteroatoms. The van der Waals surface area contributed by atoms with E-state index in [2.05, 4.69) is 59.2 Å². The van der Waals surface area contributed by atoms with E-state index in [4.69, 9.17) is 0 Å². The van der Waals surface area contributed by atoms with E-state index in [1.807, 2.05) is 6.20 Å². The van der Waals surface area contributed by atoms with Crippen molar-refractivity contribution in [2.24, 2.45) is 0 Å². The molecule has 3 rings (SSSR count). The number of fused-ring (bicyclic) bond motifs is 1. The Balaban J connectivity index is 1.95. The van der Waals surface area contributed by atoms with Crippen LogP contribution >= 0.6 is 0 Å². The first-order valence-corrected chi connectivity index (χ1v) is 6.63. The van der Waals surface area contributed by atoms with Gasteiger partial charge in [-0.15, -0.1) is 0 Å². The van der Waals surface area contributed by atoms with Crippen LogP contribution in [0.4, 0.5) is 5.95 Å². The van der Waals surface area contributed by atoms with Gasteiger partial charge in [0.1, 0.15) is 0 Å². The van der Waals surface area contributed by atoms with Gasteiger partial charge in [-0.2, -0.15) is 0 Å². The van der Waals surface area contributed by atoms with Gasteiger partial charge in [0, 0.05) is 18.4 Å². The molecule has 18 heavy (non-hydrogen) atoms. The highest BCUT2D eigenvalue weighted by Crippen LogP contribution is 2.35. The van der Waals surface area contributed by atoms with Gasteiger partial charge in [-0.1, -0.05) is 24.3 Å². The van der Waals surface area contributed by atoms with E-state index in [0.717, 1.165) is 5.95 Å². The summed E-state index contributed by atoms with van der Waals surface area (Å²) in [5.74, 6) is 0.978. The van der Waals surface area contributed by atoms with E-state index in [1.54, 1.807) is 0 Å². The lowest BCUT2D eigenvalue weighted by molar-refractivity contribution is 0.581. The second-order valence-electron chi connectivity index (χ2n) is 5.21. The first-order valence-electron chi connectivity index (χ1n) is 6.63. The minimum absolute atomic E-state index is 0.405. The zero-order valence-electron chi connectivity index (χ0n) is 10.9. The Labute approximate surface area is 108 Å². The summed E-state index contributed by atoms with van der Waals surface area (Å²) < 4.78 is 2.27. The average molecular weight is 241 g/mol. The summed E-state index contributed by atoms with van der Waals surface area (Å²) in [4.78, 5) is 4.43. The van der Waals surface area contributed by atoms with Crippen LogP contribution < -0.4 is 5.32 Å². The normalized spacial score (nSPS) is 18.1. The highest BCUT2D eigenvalue weighted by Gasteiger charge is 2.24. The van der Waals surface area contributed by atoms with E-state index in [9.17, 15) is 0 Å². The summed E-state index contributed by atoms with van der Waals surface area (Å²) in [5, 5.41) is 3.41. The van der Waals surface area contributed by atoms with Crippen LogP contribution in [0.5, 0.6) is 0 Å². The Morgan fingerprint density at radius 1 is 1.33 bits per heavy atom. The van der Waals surface area contributed by atoms with Gasteiger partial charge < -0.3 is 9.88 Å². The van der Waals surface area contributed by atoms with Crippen LogP contribution in [-0.4, -0.2) is 15.6 Å². The lowest BCUT2D eigenvalue weighted by Gasteiger charge is -2.18. The van der Waals surface area contributed by atoms with Crippen LogP contribution in [-0.2, 0) is 6.42 Å². The number of anilines is 1. The summed E-state index contributed by atoms with van der Waals surface area (Å²) in [6, 6.07) is 9.58. The SMILES string of the molecule is CC(C)Nc1nccn1C1CCc2ccccc21. The van der Waals surface area contributed by atoms with Crippen LogP contribution in [0.2, 0.25) is 0 Å². The molecule has 0 saturated carbocycles. The highest BCUT2D eigenvalue weighted by atomic mass is 15.2. The average Bonchev–Trinajstić information content (AvgIpc) is 2.94. The number of imidazole rings is 1. The van der Waals surface area contributed by atoms with Crippen molar-refractivity contribution in [2.75, 3.05) is 5.32 Å². The molecule has 1 aromatic carbocycles. The van der Waals surface area contributed by atoms with Crippen molar-refractivity contribution in [3.63, 3.8) is 0 Å². The summed E-state index contributed by atoms with van der Waals surface area (Å²) in [5.41, 5.74) is 2.93. The summed E-state index contributed by atoms with van der Waals surface area (Å²) >= 11 is 0. The van der Waals surface area contributed by atoms with E-state index in [0.29, 0.717) is 12.1 Å². The Morgan fingerprint density at radius 2 is 2.17 bits per heavy atom. The van der Waals surface area contributed by atoms with Crippen molar-refractivity contribution in [1.82, 2.24) is 9.55 Å². The smallest absolute Gasteiger partial charge is 0.203 e. The molecular weight excluding hydrogens is 222 g/mol. The van der Waals surface area contributed by atoms with Crippen molar-refractivity contribution in [1.29, 1.82) is 0 Å². The largest absolute Gasteiger partial charge is 0.353 e. The number of hydrogen-bond donors (Lipinski definition) is 1. The number of aromatic nitrogens is 2. The van der Waals surface area contributed by atoms with E-state index < -0.39 is 0 Å². The number of aryl methyl sites for hydroxylation is 1. The van der Waals surface area contributed by atoms with Crippen LogP contribution in [0, 0.1) is 0 Å². The fraction of sp³-hybridized carbons (Fsp3) is 0.400. The maximum absolute atomic E-state index is 4.43. The topological polar surface area (TPSA) is 29.9 Å². The second-order valence-corrected chi connectivity index (χ2v) is 5.21. The molecule has 1 unspecified atom stereocenters. The molecule has 1 atom stereocenters. The molecule has 94 valence electrons. The molecule has 0 saturated heterocycles. The van der Waals surface area contributed by atoms with Gasteiger partial charge in [-0.25, -0.2) is 4.98 Å². The van der Waals surface area contributed by atoms with E-state index in [1.165, 1.54) is 24.0 Å². The van der Waals surface area contributed by atoms with Gasteiger partial charge >= 0.3 is 0 Å². The van der Waals surface area contributed by atoms with Gasteiger partial charge in [0.15, 0.2) is 0 Å². The lowest BCUT2D eigenvalue weighted by atomic mass is 10.1. The second kappa shape index (κ2) is 4.48. The molecule has 1 N–H and O–H groups in total. The van der Waals surface area contributed by atoms with E-state index >= 15 is 0 Å². The van der Waals surface area contributed by atoms with Crippen LogP contribution in [0.25, 0.3) is 0 Å². The third kappa shape index (κ3) is 1.90. The number of nitrogens with one attached hydrogen (secondary N) is 1. The molecule has 2 aromatic rings. The minimum atomic E-state index is 0.405. The Hall–Kier alpha value is -1.77. The monoisotopic (exact) mass is 241 g/mol. The molecule has 1 aliphatic carbocycles. The van der Waals surface area contributed by atoms with Crippen LogP contribution in [0.15, 0.2) is 36.7 Å². The molecule has 1 aliphatic rings. The summed E-state index contributed by atoms with van der Waals surface area (Å²) in [6.07, 6.45) is 6.30. The molecule has 0 radical (unpaired) electrons. The van der Waals surface area contributed by atoms with Gasteiger partial charge in [-0.3, -0.25) is 0 Å². The highest BCUT2D eigenvalue weighted by molar-refractivity contribution is 5.38. The zero-order valence-corrected chi connectivity index (χ0v) is 10.9. The molecule has 0 amide bonds. The number of rotatable bonds is 3. The summed E-state index contributed by atoms with van der Waals surface area (Å²) in [6.45, 7) is 4.28. The Kier molecular flexibility index (Phi) is 2.82. The summed E-state index contributed by atoms with van der Waals surface area (Å²) in [7, 11) is 0. The van der Waals surface area contributed by atoms with Gasteiger partial charge in [0.25, 0.3) is 0 Å².